The molecule has 0 amide bonds. The molecule has 0 saturated heterocycles. The molecule has 1 aromatic heterocycles. The number of carbonyl (C=O) groups excluding carboxylic acids is 1. The molecule has 0 bridgehead atoms. The zero-order valence-corrected chi connectivity index (χ0v) is 17.2. The Kier molecular flexibility index (Phi) is 3.97. The summed E-state index contributed by atoms with van der Waals surface area (Å²) >= 11 is 0. The largest absolute Gasteiger partial charge is 0.294 e. The van der Waals surface area contributed by atoms with Crippen LogP contribution in [0.15, 0.2) is 17.8 Å². The second-order valence-electron chi connectivity index (χ2n) is 10.4. The first-order valence-electron chi connectivity index (χ1n) is 11.2. The van der Waals surface area contributed by atoms with Gasteiger partial charge in [0, 0.05) is 18.7 Å². The van der Waals surface area contributed by atoms with Gasteiger partial charge in [-0.05, 0) is 91.7 Å². The van der Waals surface area contributed by atoms with Crippen LogP contribution >= 0.6 is 0 Å². The third kappa shape index (κ3) is 2.46. The normalized spacial score (nSPS) is 45.4. The number of ketones is 1. The highest BCUT2D eigenvalue weighted by atomic mass is 16.1. The van der Waals surface area contributed by atoms with E-state index in [2.05, 4.69) is 25.0 Å². The molecule has 4 fully saturated rings. The minimum Gasteiger partial charge on any atom is -0.294 e. The van der Waals surface area contributed by atoms with Crippen LogP contribution in [-0.2, 0) is 11.8 Å². The standard InChI is InChI=1S/C24H34N2O/c1-23-11-5-4-6-17(23)7-8-19-20(23)9-12-24(2)21(19)15-16(22(24)27)14-18-10-13-25-26(18)3/h10,13-14,17,19-21H,4-9,11-12,15H2,1-3H3/b16-14-. The Morgan fingerprint density at radius 3 is 2.74 bits per heavy atom. The molecule has 4 aliphatic rings. The third-order valence-corrected chi connectivity index (χ3v) is 9.40. The summed E-state index contributed by atoms with van der Waals surface area (Å²) < 4.78 is 1.88. The predicted octanol–water partition coefficient (Wildman–Crippen LogP) is 5.42. The number of carbonyl (C=O) groups is 1. The van der Waals surface area contributed by atoms with Gasteiger partial charge in [0.2, 0.25) is 0 Å². The summed E-state index contributed by atoms with van der Waals surface area (Å²) in [5.74, 6) is 3.53. The lowest BCUT2D eigenvalue weighted by Crippen LogP contribution is -2.52. The number of hydrogen-bond donors (Lipinski definition) is 0. The van der Waals surface area contributed by atoms with E-state index in [-0.39, 0.29) is 5.41 Å². The monoisotopic (exact) mass is 366 g/mol. The molecule has 6 unspecified atom stereocenters. The number of rotatable bonds is 1. The number of fused-ring (bicyclic) bond motifs is 5. The summed E-state index contributed by atoms with van der Waals surface area (Å²) in [7, 11) is 1.96. The van der Waals surface area contributed by atoms with Crippen LogP contribution in [0.5, 0.6) is 0 Å². The molecule has 0 aliphatic heterocycles. The highest BCUT2D eigenvalue weighted by Gasteiger charge is 2.60. The predicted molar refractivity (Wildman–Crippen MR) is 108 cm³/mol. The van der Waals surface area contributed by atoms with Gasteiger partial charge in [-0.15, -0.1) is 0 Å². The molecule has 6 atom stereocenters. The molecule has 3 heteroatoms. The van der Waals surface area contributed by atoms with E-state index in [1.165, 1.54) is 44.9 Å². The van der Waals surface area contributed by atoms with E-state index in [0.717, 1.165) is 41.9 Å². The second-order valence-corrected chi connectivity index (χ2v) is 10.4. The van der Waals surface area contributed by atoms with Gasteiger partial charge in [0.05, 0.1) is 5.69 Å². The molecule has 27 heavy (non-hydrogen) atoms. The number of nitrogens with zero attached hydrogens (tertiary/aromatic N) is 2. The van der Waals surface area contributed by atoms with E-state index in [4.69, 9.17) is 0 Å². The molecular formula is C24H34N2O. The highest BCUT2D eigenvalue weighted by molar-refractivity contribution is 6.05. The zero-order valence-electron chi connectivity index (χ0n) is 17.2. The van der Waals surface area contributed by atoms with Crippen molar-refractivity contribution in [2.75, 3.05) is 0 Å². The first-order valence-corrected chi connectivity index (χ1v) is 11.2. The summed E-state index contributed by atoms with van der Waals surface area (Å²) in [5, 5.41) is 4.27. The van der Waals surface area contributed by atoms with Gasteiger partial charge in [0.1, 0.15) is 0 Å². The molecule has 4 aliphatic carbocycles. The summed E-state index contributed by atoms with van der Waals surface area (Å²) in [6.45, 7) is 4.90. The summed E-state index contributed by atoms with van der Waals surface area (Å²) in [6, 6.07) is 2.02. The molecule has 3 nitrogen and oxygen atoms in total. The van der Waals surface area contributed by atoms with Crippen LogP contribution in [0, 0.1) is 34.5 Å². The quantitative estimate of drug-likeness (QED) is 0.622. The van der Waals surface area contributed by atoms with E-state index >= 15 is 0 Å². The van der Waals surface area contributed by atoms with E-state index in [1.807, 2.05) is 24.0 Å². The zero-order chi connectivity index (χ0) is 18.8. The topological polar surface area (TPSA) is 34.9 Å². The minimum absolute atomic E-state index is 0.122. The fourth-order valence-electron chi connectivity index (χ4n) is 7.80. The molecule has 0 aromatic carbocycles. The van der Waals surface area contributed by atoms with Crippen LogP contribution in [0.2, 0.25) is 0 Å². The van der Waals surface area contributed by atoms with E-state index in [1.54, 1.807) is 0 Å². The maximum atomic E-state index is 13.4. The smallest absolute Gasteiger partial charge is 0.165 e. The lowest BCUT2D eigenvalue weighted by molar-refractivity contribution is -0.137. The maximum Gasteiger partial charge on any atom is 0.165 e. The highest BCUT2D eigenvalue weighted by Crippen LogP contribution is 2.66. The van der Waals surface area contributed by atoms with Crippen molar-refractivity contribution in [2.24, 2.45) is 41.5 Å². The molecule has 0 N–H and O–H groups in total. The molecule has 1 aromatic rings. The number of aromatic nitrogens is 2. The van der Waals surface area contributed by atoms with Crippen molar-refractivity contribution in [1.82, 2.24) is 9.78 Å². The van der Waals surface area contributed by atoms with E-state index < -0.39 is 0 Å². The lowest BCUT2D eigenvalue weighted by Gasteiger charge is -2.59. The fraction of sp³-hybridized carbons (Fsp3) is 0.750. The SMILES string of the molecule is Cn1nccc1/C=C1/CC2C3CCC4CCCCC4(C)C3CCC2(C)C1=O. The number of hydrogen-bond acceptors (Lipinski definition) is 2. The van der Waals surface area contributed by atoms with Gasteiger partial charge in [0.25, 0.3) is 0 Å². The van der Waals surface area contributed by atoms with Gasteiger partial charge < -0.3 is 0 Å². The van der Waals surface area contributed by atoms with Gasteiger partial charge in [-0.2, -0.15) is 5.10 Å². The van der Waals surface area contributed by atoms with Crippen molar-refractivity contribution in [2.45, 2.75) is 71.6 Å². The van der Waals surface area contributed by atoms with Crippen LogP contribution in [0.4, 0.5) is 0 Å². The fourth-order valence-corrected chi connectivity index (χ4v) is 7.80. The van der Waals surface area contributed by atoms with Crippen LogP contribution in [0.25, 0.3) is 6.08 Å². The van der Waals surface area contributed by atoms with Crippen molar-refractivity contribution in [3.05, 3.63) is 23.5 Å². The van der Waals surface area contributed by atoms with Crippen molar-refractivity contribution in [3.8, 4) is 0 Å². The van der Waals surface area contributed by atoms with Gasteiger partial charge in [-0.3, -0.25) is 9.48 Å². The summed E-state index contributed by atoms with van der Waals surface area (Å²) in [4.78, 5) is 13.4. The van der Waals surface area contributed by atoms with Crippen molar-refractivity contribution >= 4 is 11.9 Å². The Labute approximate surface area is 163 Å². The molecule has 146 valence electrons. The molecular weight excluding hydrogens is 332 g/mol. The van der Waals surface area contributed by atoms with Crippen LogP contribution in [0.3, 0.4) is 0 Å². The molecule has 4 saturated carbocycles. The minimum atomic E-state index is -0.122. The first-order chi connectivity index (χ1) is 12.9. The molecule has 0 spiro atoms. The Morgan fingerprint density at radius 1 is 1.11 bits per heavy atom. The van der Waals surface area contributed by atoms with Crippen LogP contribution in [0.1, 0.15) is 77.3 Å². The van der Waals surface area contributed by atoms with Gasteiger partial charge in [-0.1, -0.05) is 26.7 Å². The molecule has 1 heterocycles. The van der Waals surface area contributed by atoms with Crippen molar-refractivity contribution in [3.63, 3.8) is 0 Å². The Balaban J connectivity index is 1.48. The lowest BCUT2D eigenvalue weighted by atomic mass is 9.45. The van der Waals surface area contributed by atoms with Crippen molar-refractivity contribution in [1.29, 1.82) is 0 Å². The number of allylic oxidation sites excluding steroid dienone is 1. The van der Waals surface area contributed by atoms with Crippen LogP contribution < -0.4 is 0 Å². The summed E-state index contributed by atoms with van der Waals surface area (Å²) in [6.07, 6.45) is 15.8. The average Bonchev–Trinajstić information content (AvgIpc) is 3.17. The molecule has 0 radical (unpaired) electrons. The second kappa shape index (κ2) is 6.06. The number of aryl methyl sites for hydroxylation is 1. The summed E-state index contributed by atoms with van der Waals surface area (Å²) in [5.41, 5.74) is 2.53. The van der Waals surface area contributed by atoms with Crippen LogP contribution in [-0.4, -0.2) is 15.6 Å². The Hall–Kier alpha value is -1.38. The molecule has 5 rings (SSSR count). The van der Waals surface area contributed by atoms with Crippen molar-refractivity contribution < 1.29 is 4.79 Å². The van der Waals surface area contributed by atoms with Gasteiger partial charge >= 0.3 is 0 Å². The maximum absolute atomic E-state index is 13.4. The third-order valence-electron chi connectivity index (χ3n) is 9.40. The first kappa shape index (κ1) is 17.7. The Morgan fingerprint density at radius 2 is 1.96 bits per heavy atom. The Bertz CT molecular complexity index is 792. The van der Waals surface area contributed by atoms with Gasteiger partial charge in [0.15, 0.2) is 5.78 Å². The van der Waals surface area contributed by atoms with E-state index in [9.17, 15) is 4.79 Å². The number of Topliss-reactive ketones (excluding diaryl/α,β-unsaturated/α-hetero) is 1. The average molecular weight is 367 g/mol. The van der Waals surface area contributed by atoms with E-state index in [0.29, 0.717) is 17.1 Å². The van der Waals surface area contributed by atoms with Gasteiger partial charge in [-0.25, -0.2) is 0 Å².